The number of carbonyl (C=O) groups excluding carboxylic acids is 1. The molecule has 44 heavy (non-hydrogen) atoms. The molecule has 0 saturated carbocycles. The Balaban J connectivity index is 1.35. The minimum atomic E-state index is -3.77. The largest absolute Gasteiger partial charge is 0.326 e. The molecule has 1 saturated heterocycles. The van der Waals surface area contributed by atoms with E-state index in [2.05, 4.69) is 10.6 Å². The maximum absolute atomic E-state index is 15.3. The van der Waals surface area contributed by atoms with Gasteiger partial charge in [-0.3, -0.25) is 4.79 Å². The van der Waals surface area contributed by atoms with Crippen molar-refractivity contribution in [3.05, 3.63) is 131 Å². The molecule has 1 aliphatic heterocycles. The van der Waals surface area contributed by atoms with Crippen molar-refractivity contribution in [1.29, 1.82) is 0 Å². The fourth-order valence-corrected chi connectivity index (χ4v) is 7.79. The maximum Gasteiger partial charge on any atom is 0.243 e. The highest BCUT2D eigenvalue weighted by Gasteiger charge is 2.37. The van der Waals surface area contributed by atoms with E-state index in [9.17, 15) is 17.6 Å². The normalized spacial score (nSPS) is 18.1. The van der Waals surface area contributed by atoms with E-state index in [0.717, 1.165) is 16.7 Å². The molecule has 1 unspecified atom stereocenters. The van der Waals surface area contributed by atoms with Crippen molar-refractivity contribution in [3.8, 4) is 0 Å². The maximum atomic E-state index is 15.3. The summed E-state index contributed by atoms with van der Waals surface area (Å²) in [5.41, 5.74) is 3.47. The van der Waals surface area contributed by atoms with Crippen LogP contribution in [0.5, 0.6) is 0 Å². The van der Waals surface area contributed by atoms with Crippen molar-refractivity contribution < 1.29 is 22.0 Å². The van der Waals surface area contributed by atoms with Gasteiger partial charge in [0.2, 0.25) is 15.9 Å². The average Bonchev–Trinajstić information content (AvgIpc) is 3.01. The van der Waals surface area contributed by atoms with Crippen LogP contribution in [0.3, 0.4) is 0 Å². The number of nitrogens with one attached hydrogen (secondary N) is 2. The van der Waals surface area contributed by atoms with Crippen LogP contribution in [0.4, 0.5) is 14.5 Å². The number of benzene rings is 4. The lowest BCUT2D eigenvalue weighted by Gasteiger charge is -2.40. The van der Waals surface area contributed by atoms with Crippen molar-refractivity contribution in [2.24, 2.45) is 0 Å². The van der Waals surface area contributed by atoms with Gasteiger partial charge in [-0.2, -0.15) is 4.31 Å². The average molecular weight is 618 g/mol. The molecular formula is C35H37F2N3O3S. The van der Waals surface area contributed by atoms with E-state index >= 15 is 4.39 Å². The van der Waals surface area contributed by atoms with E-state index in [-0.39, 0.29) is 41.4 Å². The van der Waals surface area contributed by atoms with Gasteiger partial charge in [0.1, 0.15) is 11.6 Å². The first-order valence-electron chi connectivity index (χ1n) is 14.8. The van der Waals surface area contributed by atoms with Crippen molar-refractivity contribution in [2.75, 3.05) is 18.4 Å². The van der Waals surface area contributed by atoms with Crippen LogP contribution in [-0.2, 0) is 21.2 Å². The van der Waals surface area contributed by atoms with E-state index in [1.165, 1.54) is 22.5 Å². The predicted molar refractivity (Wildman–Crippen MR) is 169 cm³/mol. The van der Waals surface area contributed by atoms with Gasteiger partial charge in [-0.25, -0.2) is 17.2 Å². The van der Waals surface area contributed by atoms with E-state index in [1.54, 1.807) is 54.6 Å². The number of hydrogen-bond acceptors (Lipinski definition) is 4. The van der Waals surface area contributed by atoms with E-state index in [1.807, 2.05) is 38.1 Å². The minimum absolute atomic E-state index is 0.0673. The fraction of sp³-hybridized carbons (Fsp3) is 0.286. The zero-order chi connectivity index (χ0) is 31.3. The van der Waals surface area contributed by atoms with Crippen LogP contribution in [-0.4, -0.2) is 43.8 Å². The summed E-state index contributed by atoms with van der Waals surface area (Å²) in [6.45, 7) is 4.79. The highest BCUT2D eigenvalue weighted by Crippen LogP contribution is 2.31. The second-order valence-electron chi connectivity index (χ2n) is 11.4. The highest BCUT2D eigenvalue weighted by atomic mass is 32.2. The molecule has 0 spiro atoms. The Hall–Kier alpha value is -3.92. The predicted octanol–water partition coefficient (Wildman–Crippen LogP) is 6.42. The van der Waals surface area contributed by atoms with Crippen LogP contribution >= 0.6 is 0 Å². The summed E-state index contributed by atoms with van der Waals surface area (Å²) in [6, 6.07) is 26.1. The zero-order valence-corrected chi connectivity index (χ0v) is 25.7. The second-order valence-corrected chi connectivity index (χ2v) is 13.2. The van der Waals surface area contributed by atoms with E-state index in [0.29, 0.717) is 30.8 Å². The smallest absolute Gasteiger partial charge is 0.243 e. The van der Waals surface area contributed by atoms with Gasteiger partial charge in [-0.05, 0) is 74.2 Å². The summed E-state index contributed by atoms with van der Waals surface area (Å²) >= 11 is 0. The molecule has 4 aromatic rings. The molecule has 0 radical (unpaired) electrons. The number of halogens is 2. The fourth-order valence-electron chi connectivity index (χ4n) is 5.92. The molecule has 0 bridgehead atoms. The lowest BCUT2D eigenvalue weighted by atomic mass is 9.87. The summed E-state index contributed by atoms with van der Waals surface area (Å²) in [7, 11) is -3.77. The number of carbonyl (C=O) groups is 1. The summed E-state index contributed by atoms with van der Waals surface area (Å²) in [5.74, 6) is -1.47. The molecule has 230 valence electrons. The SMILES string of the molecule is Cc1ccc(C(CC(=O)Nc2cccc(F)c2CC[C@@H]2CNC[C@@H](C)N2S(=O)(=O)c2ccccc2)c2ccc(F)cc2)cc1. The van der Waals surface area contributed by atoms with Gasteiger partial charge in [0.25, 0.3) is 0 Å². The summed E-state index contributed by atoms with van der Waals surface area (Å²) in [5, 5.41) is 6.21. The molecule has 5 rings (SSSR count). The van der Waals surface area contributed by atoms with Crippen LogP contribution in [0, 0.1) is 18.6 Å². The molecule has 2 N–H and O–H groups in total. The lowest BCUT2D eigenvalue weighted by molar-refractivity contribution is -0.116. The van der Waals surface area contributed by atoms with Crippen LogP contribution in [0.25, 0.3) is 0 Å². The van der Waals surface area contributed by atoms with Gasteiger partial charge in [0, 0.05) is 48.8 Å². The summed E-state index contributed by atoms with van der Waals surface area (Å²) in [6.07, 6.45) is 0.647. The Morgan fingerprint density at radius 3 is 2.25 bits per heavy atom. The van der Waals surface area contributed by atoms with Crippen LogP contribution in [0.2, 0.25) is 0 Å². The number of rotatable bonds is 10. The third-order valence-electron chi connectivity index (χ3n) is 8.19. The molecule has 1 aliphatic rings. The Morgan fingerprint density at radius 1 is 0.909 bits per heavy atom. The van der Waals surface area contributed by atoms with Gasteiger partial charge in [-0.1, -0.05) is 66.2 Å². The van der Waals surface area contributed by atoms with Crippen molar-refractivity contribution in [2.45, 2.75) is 56.0 Å². The third kappa shape index (κ3) is 7.23. The molecule has 9 heteroatoms. The molecule has 1 fully saturated rings. The molecule has 0 aromatic heterocycles. The zero-order valence-electron chi connectivity index (χ0n) is 24.8. The molecule has 0 aliphatic carbocycles. The van der Waals surface area contributed by atoms with Crippen LogP contribution in [0.15, 0.2) is 102 Å². The van der Waals surface area contributed by atoms with Crippen LogP contribution < -0.4 is 10.6 Å². The molecular weight excluding hydrogens is 580 g/mol. The number of amides is 1. The molecule has 1 amide bonds. The number of hydrogen-bond donors (Lipinski definition) is 2. The first-order chi connectivity index (χ1) is 21.1. The van der Waals surface area contributed by atoms with E-state index < -0.39 is 21.9 Å². The second kappa shape index (κ2) is 13.8. The van der Waals surface area contributed by atoms with E-state index in [4.69, 9.17) is 0 Å². The third-order valence-corrected chi connectivity index (χ3v) is 10.3. The van der Waals surface area contributed by atoms with Gasteiger partial charge in [0.05, 0.1) is 4.90 Å². The van der Waals surface area contributed by atoms with Crippen molar-refractivity contribution in [1.82, 2.24) is 9.62 Å². The van der Waals surface area contributed by atoms with Gasteiger partial charge in [-0.15, -0.1) is 0 Å². The number of piperazine rings is 1. The lowest BCUT2D eigenvalue weighted by Crippen LogP contribution is -2.58. The summed E-state index contributed by atoms with van der Waals surface area (Å²) in [4.78, 5) is 13.7. The van der Waals surface area contributed by atoms with Gasteiger partial charge < -0.3 is 10.6 Å². The Labute approximate surface area is 258 Å². The number of nitrogens with zero attached hydrogens (tertiary/aromatic N) is 1. The standard InChI is InChI=1S/C35H37F2N3O3S/c1-24-11-13-26(14-12-24)32(27-15-17-28(36)18-16-27)21-35(41)39-34-10-6-9-33(37)31(34)20-19-29-23-38-22-25(2)40(29)44(42,43)30-7-4-3-5-8-30/h3-18,25,29,32,38H,19-23H2,1-2H3,(H,39,41)/t25-,29-,32?/m1/s1. The van der Waals surface area contributed by atoms with Gasteiger partial charge >= 0.3 is 0 Å². The number of sulfonamides is 1. The number of aryl methyl sites for hydroxylation is 1. The van der Waals surface area contributed by atoms with Crippen LogP contribution in [0.1, 0.15) is 47.9 Å². The monoisotopic (exact) mass is 617 g/mol. The first-order valence-corrected chi connectivity index (χ1v) is 16.3. The Bertz CT molecular complexity index is 1640. The molecule has 1 heterocycles. The Kier molecular flexibility index (Phi) is 9.88. The summed E-state index contributed by atoms with van der Waals surface area (Å²) < 4.78 is 57.7. The van der Waals surface area contributed by atoms with Gasteiger partial charge in [0.15, 0.2) is 0 Å². The van der Waals surface area contributed by atoms with Crippen molar-refractivity contribution in [3.63, 3.8) is 0 Å². The molecule has 3 atom stereocenters. The highest BCUT2D eigenvalue weighted by molar-refractivity contribution is 7.89. The number of anilines is 1. The Morgan fingerprint density at radius 2 is 1.57 bits per heavy atom. The minimum Gasteiger partial charge on any atom is -0.326 e. The molecule has 6 nitrogen and oxygen atoms in total. The first kappa shape index (κ1) is 31.5. The molecule has 4 aromatic carbocycles. The quantitative estimate of drug-likeness (QED) is 0.215. The topological polar surface area (TPSA) is 78.5 Å². The van der Waals surface area contributed by atoms with Crippen molar-refractivity contribution >= 4 is 21.6 Å².